The van der Waals surface area contributed by atoms with Crippen LogP contribution >= 0.6 is 0 Å². The van der Waals surface area contributed by atoms with Crippen molar-refractivity contribution in [3.05, 3.63) is 53.7 Å². The lowest BCUT2D eigenvalue weighted by molar-refractivity contribution is -0.126. The smallest absolute Gasteiger partial charge is 0.132 e. The van der Waals surface area contributed by atoms with Gasteiger partial charge in [0.15, 0.2) is 0 Å². The van der Waals surface area contributed by atoms with Gasteiger partial charge in [-0.3, -0.25) is 4.98 Å². The average Bonchev–Trinajstić information content (AvgIpc) is 3.46. The minimum atomic E-state index is 0.378. The van der Waals surface area contributed by atoms with Gasteiger partial charge in [0, 0.05) is 66.3 Å². The van der Waals surface area contributed by atoms with E-state index in [0.29, 0.717) is 17.3 Å². The quantitative estimate of drug-likeness (QED) is 0.739. The fraction of sp³-hybridized carbons (Fsp3) is 0.435. The predicted octanol–water partition coefficient (Wildman–Crippen LogP) is 3.48. The summed E-state index contributed by atoms with van der Waals surface area (Å²) in [6.07, 6.45) is 2.94. The Bertz CT molecular complexity index is 1100. The highest BCUT2D eigenvalue weighted by Crippen LogP contribution is 2.54. The van der Waals surface area contributed by atoms with Crippen LogP contribution in [0.4, 0.5) is 11.4 Å². The number of rotatable bonds is 4. The molecule has 6 nitrogen and oxygen atoms in total. The van der Waals surface area contributed by atoms with Crippen LogP contribution in [0.15, 0.2) is 36.5 Å². The molecule has 0 unspecified atom stereocenters. The molecule has 0 amide bonds. The molecule has 0 bridgehead atoms. The van der Waals surface area contributed by atoms with Crippen LogP contribution < -0.4 is 10.2 Å². The van der Waals surface area contributed by atoms with Crippen LogP contribution in [0.2, 0.25) is 0 Å². The molecular weight excluding hydrogens is 362 g/mol. The van der Waals surface area contributed by atoms with Crippen LogP contribution in [0, 0.1) is 12.3 Å². The molecule has 3 aromatic rings. The third-order valence-electron chi connectivity index (χ3n) is 6.62. The Hall–Kier alpha value is -2.73. The minimum absolute atomic E-state index is 0.378. The molecule has 1 saturated carbocycles. The van der Waals surface area contributed by atoms with Gasteiger partial charge < -0.3 is 15.0 Å². The molecule has 1 aromatic carbocycles. The van der Waals surface area contributed by atoms with E-state index >= 15 is 0 Å². The second kappa shape index (κ2) is 6.13. The third kappa shape index (κ3) is 2.77. The van der Waals surface area contributed by atoms with Gasteiger partial charge in [0.05, 0.1) is 24.1 Å². The van der Waals surface area contributed by atoms with Crippen LogP contribution in [-0.4, -0.2) is 48.3 Å². The molecule has 4 heterocycles. The third-order valence-corrected chi connectivity index (χ3v) is 6.62. The van der Waals surface area contributed by atoms with Crippen LogP contribution in [-0.2, 0) is 4.74 Å². The molecule has 2 aromatic heterocycles. The summed E-state index contributed by atoms with van der Waals surface area (Å²) in [7, 11) is 1.95. The van der Waals surface area contributed by atoms with Gasteiger partial charge >= 0.3 is 0 Å². The number of benzene rings is 1. The van der Waals surface area contributed by atoms with Crippen LogP contribution in [0.3, 0.4) is 0 Å². The summed E-state index contributed by atoms with van der Waals surface area (Å²) >= 11 is 0. The molecule has 2 aliphatic heterocycles. The topological polar surface area (TPSA) is 63.2 Å². The molecule has 2 atom stereocenters. The SMILES string of the molecule is CNc1ccc2c(N3CC4(COC4)C3)cc([C@H]3C[C@@H]3c3nccc(C)n3)nc2c1. The van der Waals surface area contributed by atoms with Crippen molar-refractivity contribution in [2.75, 3.05) is 43.6 Å². The molecule has 3 aliphatic rings. The van der Waals surface area contributed by atoms with Crippen LogP contribution in [0.1, 0.15) is 35.5 Å². The lowest BCUT2D eigenvalue weighted by Gasteiger charge is -2.56. The summed E-state index contributed by atoms with van der Waals surface area (Å²) in [5.41, 5.74) is 6.04. The Morgan fingerprint density at radius 3 is 2.69 bits per heavy atom. The summed E-state index contributed by atoms with van der Waals surface area (Å²) in [6.45, 7) is 5.98. The number of ether oxygens (including phenoxy) is 1. The van der Waals surface area contributed by atoms with Crippen molar-refractivity contribution in [3.63, 3.8) is 0 Å². The lowest BCUT2D eigenvalue weighted by atomic mass is 9.77. The fourth-order valence-electron chi connectivity index (χ4n) is 4.80. The first-order valence-corrected chi connectivity index (χ1v) is 10.4. The molecule has 2 saturated heterocycles. The monoisotopic (exact) mass is 387 g/mol. The molecule has 29 heavy (non-hydrogen) atoms. The van der Waals surface area contributed by atoms with Crippen molar-refractivity contribution in [3.8, 4) is 0 Å². The van der Waals surface area contributed by atoms with Crippen molar-refractivity contribution in [1.29, 1.82) is 0 Å². The van der Waals surface area contributed by atoms with Gasteiger partial charge in [-0.2, -0.15) is 0 Å². The van der Waals surface area contributed by atoms with E-state index in [1.165, 1.54) is 16.8 Å². The highest BCUT2D eigenvalue weighted by Gasteiger charge is 2.50. The van der Waals surface area contributed by atoms with E-state index in [-0.39, 0.29) is 0 Å². The number of hydrogen-bond donors (Lipinski definition) is 1. The van der Waals surface area contributed by atoms with Crippen molar-refractivity contribution in [1.82, 2.24) is 15.0 Å². The molecule has 1 N–H and O–H groups in total. The Labute approximate surface area is 170 Å². The van der Waals surface area contributed by atoms with Gasteiger partial charge in [0.25, 0.3) is 0 Å². The Morgan fingerprint density at radius 2 is 1.97 bits per heavy atom. The maximum absolute atomic E-state index is 5.47. The number of fused-ring (bicyclic) bond motifs is 1. The molecule has 3 fully saturated rings. The Morgan fingerprint density at radius 1 is 1.10 bits per heavy atom. The van der Waals surface area contributed by atoms with Crippen molar-refractivity contribution >= 4 is 22.3 Å². The van der Waals surface area contributed by atoms with E-state index in [0.717, 1.165) is 55.4 Å². The number of anilines is 2. The van der Waals surface area contributed by atoms with Gasteiger partial charge in [-0.25, -0.2) is 9.97 Å². The maximum Gasteiger partial charge on any atom is 0.132 e. The van der Waals surface area contributed by atoms with Gasteiger partial charge in [-0.05, 0) is 43.7 Å². The molecule has 148 valence electrons. The first-order chi connectivity index (χ1) is 14.1. The van der Waals surface area contributed by atoms with E-state index in [4.69, 9.17) is 9.72 Å². The second-order valence-corrected chi connectivity index (χ2v) is 8.90. The first-order valence-electron chi connectivity index (χ1n) is 10.4. The highest BCUT2D eigenvalue weighted by atomic mass is 16.5. The minimum Gasteiger partial charge on any atom is -0.388 e. The van der Waals surface area contributed by atoms with Gasteiger partial charge in [-0.15, -0.1) is 0 Å². The number of nitrogens with one attached hydrogen (secondary N) is 1. The standard InChI is InChI=1S/C23H25N5O/c1-14-5-6-25-22(26-14)18-8-17(18)20-9-21(28-10-23(11-28)12-29-13-23)16-4-3-15(24-2)7-19(16)27-20/h3-7,9,17-18,24H,8,10-13H2,1-2H3/t17-,18-/m0/s1. The summed E-state index contributed by atoms with van der Waals surface area (Å²) in [5.74, 6) is 1.74. The number of aromatic nitrogens is 3. The van der Waals surface area contributed by atoms with Crippen LogP contribution in [0.5, 0.6) is 0 Å². The summed E-state index contributed by atoms with van der Waals surface area (Å²) in [5, 5.41) is 4.47. The Kier molecular flexibility index (Phi) is 3.63. The zero-order valence-corrected chi connectivity index (χ0v) is 16.9. The van der Waals surface area contributed by atoms with Gasteiger partial charge in [0.2, 0.25) is 0 Å². The van der Waals surface area contributed by atoms with Gasteiger partial charge in [0.1, 0.15) is 5.82 Å². The summed E-state index contributed by atoms with van der Waals surface area (Å²) < 4.78 is 5.47. The predicted molar refractivity (Wildman–Crippen MR) is 114 cm³/mol. The largest absolute Gasteiger partial charge is 0.388 e. The number of pyridine rings is 1. The van der Waals surface area contributed by atoms with Gasteiger partial charge in [-0.1, -0.05) is 0 Å². The van der Waals surface area contributed by atoms with E-state index in [1.54, 1.807) is 0 Å². The summed E-state index contributed by atoms with van der Waals surface area (Å²) in [6, 6.07) is 10.8. The molecule has 6 rings (SSSR count). The maximum atomic E-state index is 5.47. The Balaban J connectivity index is 1.37. The van der Waals surface area contributed by atoms with E-state index in [2.05, 4.69) is 44.5 Å². The van der Waals surface area contributed by atoms with Crippen molar-refractivity contribution < 1.29 is 4.74 Å². The summed E-state index contributed by atoms with van der Waals surface area (Å²) in [4.78, 5) is 16.7. The molecule has 1 spiro atoms. The van der Waals surface area contributed by atoms with Crippen molar-refractivity contribution in [2.24, 2.45) is 5.41 Å². The fourth-order valence-corrected chi connectivity index (χ4v) is 4.80. The molecule has 6 heteroatoms. The van der Waals surface area contributed by atoms with E-state index < -0.39 is 0 Å². The average molecular weight is 387 g/mol. The molecular formula is C23H25N5O. The highest BCUT2D eigenvalue weighted by molar-refractivity contribution is 5.94. The first kappa shape index (κ1) is 17.2. The van der Waals surface area contributed by atoms with E-state index in [1.807, 2.05) is 26.2 Å². The lowest BCUT2D eigenvalue weighted by Crippen LogP contribution is -2.66. The molecule has 1 aliphatic carbocycles. The normalized spacial score (nSPS) is 24.3. The zero-order chi connectivity index (χ0) is 19.6. The van der Waals surface area contributed by atoms with Crippen LogP contribution in [0.25, 0.3) is 10.9 Å². The number of aryl methyl sites for hydroxylation is 1. The zero-order valence-electron chi connectivity index (χ0n) is 16.9. The van der Waals surface area contributed by atoms with Crippen molar-refractivity contribution in [2.45, 2.75) is 25.2 Å². The number of nitrogens with zero attached hydrogens (tertiary/aromatic N) is 4. The second-order valence-electron chi connectivity index (χ2n) is 8.90. The number of hydrogen-bond acceptors (Lipinski definition) is 6. The molecule has 0 radical (unpaired) electrons. The van der Waals surface area contributed by atoms with E-state index in [9.17, 15) is 0 Å².